The van der Waals surface area contributed by atoms with Crippen LogP contribution in [-0.4, -0.2) is 31.2 Å². The van der Waals surface area contributed by atoms with Gasteiger partial charge >= 0.3 is 5.97 Å². The van der Waals surface area contributed by atoms with Crippen molar-refractivity contribution in [3.63, 3.8) is 0 Å². The third-order valence-electron chi connectivity index (χ3n) is 2.84. The molecular weight excluding hydrogens is 270 g/mol. The lowest BCUT2D eigenvalue weighted by Crippen LogP contribution is -2.28. The van der Waals surface area contributed by atoms with Crippen molar-refractivity contribution >= 4 is 17.6 Å². The Balaban J connectivity index is 2.30. The molecule has 0 saturated carbocycles. The van der Waals surface area contributed by atoms with E-state index < -0.39 is 12.1 Å². The maximum Gasteiger partial charge on any atom is 0.334 e. The van der Waals surface area contributed by atoms with Gasteiger partial charge in [-0.25, -0.2) is 4.79 Å². The number of ether oxygens (including phenoxy) is 2. The molecule has 1 atom stereocenters. The molecular formula is C16H23NO4. The van der Waals surface area contributed by atoms with Crippen LogP contribution in [0.15, 0.2) is 24.3 Å². The number of unbranched alkanes of at least 4 members (excludes halogenated alkanes) is 1. The van der Waals surface area contributed by atoms with Gasteiger partial charge in [-0.05, 0) is 38.0 Å². The molecule has 116 valence electrons. The lowest BCUT2D eigenvalue weighted by molar-refractivity contribution is -0.156. The number of rotatable bonds is 8. The fraction of sp³-hybridized carbons (Fsp3) is 0.500. The van der Waals surface area contributed by atoms with E-state index in [0.29, 0.717) is 12.3 Å². The molecule has 0 aliphatic carbocycles. The van der Waals surface area contributed by atoms with Crippen LogP contribution in [0.1, 0.15) is 32.3 Å². The van der Waals surface area contributed by atoms with Gasteiger partial charge in [-0.3, -0.25) is 4.79 Å². The molecule has 1 aromatic carbocycles. The number of carbonyl (C=O) groups is 2. The summed E-state index contributed by atoms with van der Waals surface area (Å²) in [6.07, 6.45) is 1.04. The van der Waals surface area contributed by atoms with E-state index in [-0.39, 0.29) is 12.5 Å². The van der Waals surface area contributed by atoms with E-state index >= 15 is 0 Å². The molecule has 0 fully saturated rings. The number of amides is 1. The fourth-order valence-electron chi connectivity index (χ4n) is 1.62. The van der Waals surface area contributed by atoms with Gasteiger partial charge in [0.25, 0.3) is 0 Å². The zero-order valence-electron chi connectivity index (χ0n) is 12.8. The summed E-state index contributed by atoms with van der Waals surface area (Å²) in [7, 11) is 0. The van der Waals surface area contributed by atoms with Crippen LogP contribution in [0.4, 0.5) is 5.69 Å². The Morgan fingerprint density at radius 1 is 1.33 bits per heavy atom. The number of carbonyl (C=O) groups excluding carboxylic acids is 2. The largest absolute Gasteiger partial charge is 0.464 e. The number of nitrogens with one attached hydrogen (secondary N) is 1. The molecule has 5 heteroatoms. The van der Waals surface area contributed by atoms with Crippen LogP contribution in [0.3, 0.4) is 0 Å². The number of hydrogen-bond acceptors (Lipinski definition) is 4. The van der Waals surface area contributed by atoms with Crippen LogP contribution in [0.25, 0.3) is 0 Å². The summed E-state index contributed by atoms with van der Waals surface area (Å²) >= 11 is 0. The van der Waals surface area contributed by atoms with Crippen LogP contribution < -0.4 is 5.32 Å². The van der Waals surface area contributed by atoms with Crippen LogP contribution in [0.5, 0.6) is 0 Å². The Morgan fingerprint density at radius 3 is 2.76 bits per heavy atom. The van der Waals surface area contributed by atoms with Crippen molar-refractivity contribution in [2.24, 2.45) is 0 Å². The fourth-order valence-corrected chi connectivity index (χ4v) is 1.62. The first-order chi connectivity index (χ1) is 10.0. The third-order valence-corrected chi connectivity index (χ3v) is 2.84. The highest BCUT2D eigenvalue weighted by molar-refractivity contribution is 5.92. The first-order valence-corrected chi connectivity index (χ1v) is 7.17. The van der Waals surface area contributed by atoms with Crippen molar-refractivity contribution in [2.75, 3.05) is 18.5 Å². The third kappa shape index (κ3) is 6.90. The van der Waals surface area contributed by atoms with E-state index in [4.69, 9.17) is 9.47 Å². The Morgan fingerprint density at radius 2 is 2.10 bits per heavy atom. The smallest absolute Gasteiger partial charge is 0.334 e. The molecule has 21 heavy (non-hydrogen) atoms. The summed E-state index contributed by atoms with van der Waals surface area (Å²) in [6, 6.07) is 7.47. The van der Waals surface area contributed by atoms with E-state index in [1.165, 1.54) is 0 Å². The van der Waals surface area contributed by atoms with Crippen molar-refractivity contribution in [1.82, 2.24) is 0 Å². The lowest BCUT2D eigenvalue weighted by atomic mass is 10.2. The number of aryl methyl sites for hydroxylation is 1. The molecule has 1 rings (SSSR count). The number of hydrogen-bond donors (Lipinski definition) is 1. The first-order valence-electron chi connectivity index (χ1n) is 7.17. The molecule has 0 aromatic heterocycles. The normalized spacial score (nSPS) is 11.8. The minimum atomic E-state index is -0.745. The molecule has 0 aliphatic rings. The van der Waals surface area contributed by atoms with Crippen LogP contribution >= 0.6 is 0 Å². The molecule has 0 bridgehead atoms. The van der Waals surface area contributed by atoms with Crippen LogP contribution in [0.2, 0.25) is 0 Å². The van der Waals surface area contributed by atoms with Gasteiger partial charge in [0.05, 0.1) is 6.61 Å². The second-order valence-corrected chi connectivity index (χ2v) is 4.89. The van der Waals surface area contributed by atoms with Gasteiger partial charge in [-0.15, -0.1) is 0 Å². The van der Waals surface area contributed by atoms with E-state index in [0.717, 1.165) is 18.4 Å². The van der Waals surface area contributed by atoms with Crippen LogP contribution in [0, 0.1) is 6.92 Å². The quantitative estimate of drug-likeness (QED) is 0.591. The molecule has 0 heterocycles. The monoisotopic (exact) mass is 293 g/mol. The van der Waals surface area contributed by atoms with Crippen LogP contribution in [-0.2, 0) is 19.1 Å². The first kappa shape index (κ1) is 17.2. The summed E-state index contributed by atoms with van der Waals surface area (Å²) in [5.74, 6) is -0.736. The number of benzene rings is 1. The van der Waals surface area contributed by atoms with Gasteiger partial charge in [-0.1, -0.05) is 25.5 Å². The average Bonchev–Trinajstić information content (AvgIpc) is 2.45. The molecule has 0 radical (unpaired) electrons. The summed E-state index contributed by atoms with van der Waals surface area (Å²) in [5.41, 5.74) is 1.77. The van der Waals surface area contributed by atoms with Gasteiger partial charge in [0, 0.05) is 5.69 Å². The second kappa shape index (κ2) is 9.13. The van der Waals surface area contributed by atoms with E-state index in [1.807, 2.05) is 32.0 Å². The van der Waals surface area contributed by atoms with Crippen molar-refractivity contribution in [1.29, 1.82) is 0 Å². The molecule has 5 nitrogen and oxygen atoms in total. The molecule has 0 spiro atoms. The van der Waals surface area contributed by atoms with Crippen molar-refractivity contribution < 1.29 is 19.1 Å². The maximum absolute atomic E-state index is 11.7. The van der Waals surface area contributed by atoms with Gasteiger partial charge in [0.2, 0.25) is 5.91 Å². The minimum Gasteiger partial charge on any atom is -0.464 e. The van der Waals surface area contributed by atoms with Gasteiger partial charge < -0.3 is 14.8 Å². The summed E-state index contributed by atoms with van der Waals surface area (Å²) in [5, 5.41) is 2.71. The number of anilines is 1. The van der Waals surface area contributed by atoms with E-state index in [1.54, 1.807) is 13.0 Å². The molecule has 0 saturated heterocycles. The lowest BCUT2D eigenvalue weighted by Gasteiger charge is -2.12. The van der Waals surface area contributed by atoms with E-state index in [9.17, 15) is 9.59 Å². The van der Waals surface area contributed by atoms with Crippen molar-refractivity contribution in [3.8, 4) is 0 Å². The molecule has 0 aliphatic heterocycles. The minimum absolute atomic E-state index is 0.183. The Hall–Kier alpha value is -1.88. The zero-order valence-corrected chi connectivity index (χ0v) is 12.8. The average molecular weight is 293 g/mol. The van der Waals surface area contributed by atoms with E-state index in [2.05, 4.69) is 5.32 Å². The molecule has 1 N–H and O–H groups in total. The second-order valence-electron chi connectivity index (χ2n) is 4.89. The van der Waals surface area contributed by atoms with Crippen molar-refractivity contribution in [2.45, 2.75) is 39.7 Å². The van der Waals surface area contributed by atoms with Gasteiger partial charge in [0.15, 0.2) is 6.10 Å². The topological polar surface area (TPSA) is 64.6 Å². The molecule has 1 unspecified atom stereocenters. The molecule has 1 amide bonds. The summed E-state index contributed by atoms with van der Waals surface area (Å²) < 4.78 is 10.2. The predicted molar refractivity (Wildman–Crippen MR) is 81.1 cm³/mol. The van der Waals surface area contributed by atoms with Crippen molar-refractivity contribution in [3.05, 3.63) is 29.8 Å². The standard InChI is InChI=1S/C16H23NO4/c1-4-5-9-20-16(19)13(3)21-11-15(18)17-14-8-6-7-12(2)10-14/h6-8,10,13H,4-5,9,11H2,1-3H3,(H,17,18). The Bertz CT molecular complexity index is 473. The highest BCUT2D eigenvalue weighted by Crippen LogP contribution is 2.09. The van der Waals surface area contributed by atoms with Gasteiger partial charge in [0.1, 0.15) is 6.61 Å². The summed E-state index contributed by atoms with van der Waals surface area (Å²) in [6.45, 7) is 5.74. The Kier molecular flexibility index (Phi) is 7.46. The summed E-state index contributed by atoms with van der Waals surface area (Å²) in [4.78, 5) is 23.3. The molecule has 1 aromatic rings. The Labute approximate surface area is 125 Å². The number of esters is 1. The zero-order chi connectivity index (χ0) is 15.7. The highest BCUT2D eigenvalue weighted by atomic mass is 16.6. The highest BCUT2D eigenvalue weighted by Gasteiger charge is 2.16. The van der Waals surface area contributed by atoms with Gasteiger partial charge in [-0.2, -0.15) is 0 Å². The SMILES string of the molecule is CCCCOC(=O)C(C)OCC(=O)Nc1cccc(C)c1. The maximum atomic E-state index is 11.7. The predicted octanol–water partition coefficient (Wildman–Crippen LogP) is 2.68.